The minimum Gasteiger partial charge on any atom is -0.490 e. The highest BCUT2D eigenvalue weighted by Gasteiger charge is 2.15. The van der Waals surface area contributed by atoms with E-state index in [4.69, 9.17) is 25.8 Å². The topological polar surface area (TPSA) is 129 Å². The summed E-state index contributed by atoms with van der Waals surface area (Å²) in [6.07, 6.45) is 1.38. The maximum atomic E-state index is 12.5. The van der Waals surface area contributed by atoms with Crippen molar-refractivity contribution in [3.63, 3.8) is 0 Å². The molecule has 0 fully saturated rings. The molecule has 3 aromatic rings. The van der Waals surface area contributed by atoms with Gasteiger partial charge in [0.1, 0.15) is 5.75 Å². The number of amides is 1. The van der Waals surface area contributed by atoms with Crippen LogP contribution in [0.1, 0.15) is 22.8 Å². The van der Waals surface area contributed by atoms with Crippen LogP contribution < -0.4 is 19.6 Å². The SMILES string of the molecule is CCOc1cc(C=NNC(=O)COc2ccc([N+](=O)[O-])cc2)ccc1OC(=O)c1ccccc1Cl. The van der Waals surface area contributed by atoms with Crippen molar-refractivity contribution in [3.8, 4) is 17.2 Å². The zero-order chi connectivity index (χ0) is 25.2. The predicted octanol–water partition coefficient (Wildman–Crippen LogP) is 4.40. The molecule has 0 aliphatic rings. The first kappa shape index (κ1) is 25.2. The van der Waals surface area contributed by atoms with Gasteiger partial charge in [0.25, 0.3) is 11.6 Å². The van der Waals surface area contributed by atoms with E-state index in [0.29, 0.717) is 23.7 Å². The van der Waals surface area contributed by atoms with Crippen LogP contribution in [0.3, 0.4) is 0 Å². The molecule has 1 N–H and O–H groups in total. The van der Waals surface area contributed by atoms with Crippen molar-refractivity contribution in [1.29, 1.82) is 0 Å². The van der Waals surface area contributed by atoms with Gasteiger partial charge in [0, 0.05) is 12.1 Å². The van der Waals surface area contributed by atoms with Crippen LogP contribution >= 0.6 is 11.6 Å². The molecule has 0 spiro atoms. The summed E-state index contributed by atoms with van der Waals surface area (Å²) in [5.74, 6) is -0.342. The summed E-state index contributed by atoms with van der Waals surface area (Å²) in [6, 6.07) is 16.6. The molecule has 180 valence electrons. The Bertz CT molecular complexity index is 1250. The lowest BCUT2D eigenvalue weighted by molar-refractivity contribution is -0.384. The van der Waals surface area contributed by atoms with Crippen LogP contribution in [0.25, 0.3) is 0 Å². The molecule has 0 bridgehead atoms. The molecule has 0 unspecified atom stereocenters. The maximum absolute atomic E-state index is 12.5. The zero-order valence-corrected chi connectivity index (χ0v) is 19.2. The van der Waals surface area contributed by atoms with Gasteiger partial charge in [-0.05, 0) is 55.0 Å². The van der Waals surface area contributed by atoms with Crippen LogP contribution in [0, 0.1) is 10.1 Å². The summed E-state index contributed by atoms with van der Waals surface area (Å²) in [6.45, 7) is 1.77. The summed E-state index contributed by atoms with van der Waals surface area (Å²) in [5, 5.41) is 14.8. The number of rotatable bonds is 10. The van der Waals surface area contributed by atoms with Gasteiger partial charge in [-0.25, -0.2) is 10.2 Å². The second-order valence-electron chi connectivity index (χ2n) is 6.84. The molecule has 0 aromatic heterocycles. The molecule has 0 heterocycles. The third kappa shape index (κ3) is 7.27. The number of nitrogens with zero attached hydrogens (tertiary/aromatic N) is 2. The van der Waals surface area contributed by atoms with E-state index in [-0.39, 0.29) is 28.6 Å². The van der Waals surface area contributed by atoms with Gasteiger partial charge in [-0.2, -0.15) is 5.10 Å². The van der Waals surface area contributed by atoms with Crippen molar-refractivity contribution in [2.24, 2.45) is 5.10 Å². The smallest absolute Gasteiger partial charge is 0.345 e. The number of hydrazone groups is 1. The number of carbonyl (C=O) groups excluding carboxylic acids is 2. The number of ether oxygens (including phenoxy) is 3. The minimum absolute atomic E-state index is 0.0810. The minimum atomic E-state index is -0.627. The van der Waals surface area contributed by atoms with E-state index in [9.17, 15) is 19.7 Å². The van der Waals surface area contributed by atoms with E-state index < -0.39 is 16.8 Å². The number of esters is 1. The Labute approximate surface area is 205 Å². The second-order valence-corrected chi connectivity index (χ2v) is 7.25. The number of nitrogens with one attached hydrogen (secondary N) is 1. The summed E-state index contributed by atoms with van der Waals surface area (Å²) in [7, 11) is 0. The number of nitro benzene ring substituents is 1. The first-order valence-electron chi connectivity index (χ1n) is 10.3. The Hall–Kier alpha value is -4.44. The molecule has 0 saturated heterocycles. The number of hydrogen-bond acceptors (Lipinski definition) is 8. The fourth-order valence-corrected chi connectivity index (χ4v) is 2.98. The van der Waals surface area contributed by atoms with Gasteiger partial charge in [0.2, 0.25) is 0 Å². The number of nitro groups is 1. The Balaban J connectivity index is 1.58. The van der Waals surface area contributed by atoms with Gasteiger partial charge >= 0.3 is 5.97 Å². The van der Waals surface area contributed by atoms with E-state index in [1.165, 1.54) is 30.5 Å². The van der Waals surface area contributed by atoms with Crippen molar-refractivity contribution in [1.82, 2.24) is 5.43 Å². The maximum Gasteiger partial charge on any atom is 0.345 e. The summed E-state index contributed by atoms with van der Waals surface area (Å²) in [5.41, 5.74) is 3.03. The van der Waals surface area contributed by atoms with Gasteiger partial charge in [-0.15, -0.1) is 0 Å². The number of halogens is 1. The van der Waals surface area contributed by atoms with Crippen LogP contribution in [0.15, 0.2) is 71.8 Å². The molecule has 3 rings (SSSR count). The van der Waals surface area contributed by atoms with E-state index in [1.54, 1.807) is 49.4 Å². The molecule has 1 amide bonds. The average molecular weight is 498 g/mol. The number of carbonyl (C=O) groups is 2. The fourth-order valence-electron chi connectivity index (χ4n) is 2.76. The van der Waals surface area contributed by atoms with Crippen molar-refractivity contribution >= 4 is 35.4 Å². The highest BCUT2D eigenvalue weighted by molar-refractivity contribution is 6.33. The zero-order valence-electron chi connectivity index (χ0n) is 18.5. The fraction of sp³-hybridized carbons (Fsp3) is 0.125. The second kappa shape index (κ2) is 12.1. The summed E-state index contributed by atoms with van der Waals surface area (Å²) < 4.78 is 16.3. The molecular weight excluding hydrogens is 478 g/mol. The molecule has 0 aliphatic carbocycles. The van der Waals surface area contributed by atoms with Crippen LogP contribution in [0.2, 0.25) is 5.02 Å². The molecular formula is C24H20ClN3O7. The molecule has 35 heavy (non-hydrogen) atoms. The van der Waals surface area contributed by atoms with Crippen LogP contribution in [0.5, 0.6) is 17.2 Å². The molecule has 11 heteroatoms. The van der Waals surface area contributed by atoms with Crippen LogP contribution in [-0.4, -0.2) is 36.2 Å². The number of hydrogen-bond donors (Lipinski definition) is 1. The molecule has 0 saturated carbocycles. The lowest BCUT2D eigenvalue weighted by Crippen LogP contribution is -2.24. The molecule has 10 nitrogen and oxygen atoms in total. The third-order valence-electron chi connectivity index (χ3n) is 4.38. The van der Waals surface area contributed by atoms with Crippen molar-refractivity contribution in [2.75, 3.05) is 13.2 Å². The van der Waals surface area contributed by atoms with Crippen molar-refractivity contribution < 1.29 is 28.7 Å². The predicted molar refractivity (Wildman–Crippen MR) is 128 cm³/mol. The van der Waals surface area contributed by atoms with Gasteiger partial charge in [-0.3, -0.25) is 14.9 Å². The summed E-state index contributed by atoms with van der Waals surface area (Å²) >= 11 is 6.05. The number of benzene rings is 3. The average Bonchev–Trinajstić information content (AvgIpc) is 2.85. The largest absolute Gasteiger partial charge is 0.490 e. The Morgan fingerprint density at radius 2 is 1.80 bits per heavy atom. The molecule has 3 aromatic carbocycles. The quantitative estimate of drug-likeness (QED) is 0.144. The van der Waals surface area contributed by atoms with E-state index in [1.807, 2.05) is 0 Å². The first-order chi connectivity index (χ1) is 16.9. The van der Waals surface area contributed by atoms with Crippen LogP contribution in [0.4, 0.5) is 5.69 Å². The van der Waals surface area contributed by atoms with E-state index >= 15 is 0 Å². The highest BCUT2D eigenvalue weighted by atomic mass is 35.5. The standard InChI is InChI=1S/C24H20ClN3O7/c1-2-33-22-13-16(7-12-21(22)35-24(30)19-5-3-4-6-20(19)25)14-26-27-23(29)15-34-18-10-8-17(9-11-18)28(31)32/h3-14H,2,15H2,1H3,(H,27,29). The Morgan fingerprint density at radius 1 is 1.06 bits per heavy atom. The molecule has 0 radical (unpaired) electrons. The lowest BCUT2D eigenvalue weighted by Gasteiger charge is -2.12. The van der Waals surface area contributed by atoms with Crippen molar-refractivity contribution in [2.45, 2.75) is 6.92 Å². The third-order valence-corrected chi connectivity index (χ3v) is 4.71. The Morgan fingerprint density at radius 3 is 2.49 bits per heavy atom. The summed E-state index contributed by atoms with van der Waals surface area (Å²) in [4.78, 5) is 34.5. The van der Waals surface area contributed by atoms with Gasteiger partial charge < -0.3 is 14.2 Å². The first-order valence-corrected chi connectivity index (χ1v) is 10.7. The Kier molecular flexibility index (Phi) is 8.74. The van der Waals surface area contributed by atoms with Gasteiger partial charge in [0.15, 0.2) is 18.1 Å². The molecule has 0 aliphatic heterocycles. The lowest BCUT2D eigenvalue weighted by atomic mass is 10.2. The van der Waals surface area contributed by atoms with E-state index in [2.05, 4.69) is 10.5 Å². The van der Waals surface area contributed by atoms with Gasteiger partial charge in [0.05, 0.1) is 28.3 Å². The van der Waals surface area contributed by atoms with Crippen molar-refractivity contribution in [3.05, 3.63) is 93.0 Å². The monoisotopic (exact) mass is 497 g/mol. The highest BCUT2D eigenvalue weighted by Crippen LogP contribution is 2.29. The normalized spacial score (nSPS) is 10.6. The molecule has 0 atom stereocenters. The van der Waals surface area contributed by atoms with Gasteiger partial charge in [-0.1, -0.05) is 23.7 Å². The van der Waals surface area contributed by atoms with Crippen LogP contribution in [-0.2, 0) is 4.79 Å². The van der Waals surface area contributed by atoms with E-state index in [0.717, 1.165) is 0 Å². The number of non-ortho nitro benzene ring substituents is 1.